The zero-order valence-electron chi connectivity index (χ0n) is 11.4. The Morgan fingerprint density at radius 3 is 3.11 bits per heavy atom. The number of hydrogen-bond donors (Lipinski definition) is 1. The Bertz CT molecular complexity index is 345. The van der Waals surface area contributed by atoms with Gasteiger partial charge in [0.05, 0.1) is 16.8 Å². The smallest absolute Gasteiger partial charge is 0.0954 e. The van der Waals surface area contributed by atoms with Gasteiger partial charge in [0.1, 0.15) is 0 Å². The van der Waals surface area contributed by atoms with E-state index >= 15 is 0 Å². The van der Waals surface area contributed by atoms with Crippen LogP contribution in [0.4, 0.5) is 0 Å². The first kappa shape index (κ1) is 14.0. The van der Waals surface area contributed by atoms with Crippen LogP contribution >= 0.6 is 11.3 Å². The van der Waals surface area contributed by atoms with E-state index in [2.05, 4.69) is 29.5 Å². The van der Waals surface area contributed by atoms with Crippen LogP contribution in [0.3, 0.4) is 0 Å². The third-order valence-corrected chi connectivity index (χ3v) is 4.05. The first-order valence-corrected chi connectivity index (χ1v) is 7.87. The summed E-state index contributed by atoms with van der Waals surface area (Å²) >= 11 is 1.77. The molecule has 1 aliphatic heterocycles. The van der Waals surface area contributed by atoms with Crippen molar-refractivity contribution in [2.75, 3.05) is 13.2 Å². The molecular weight excluding hydrogens is 244 g/mol. The second-order valence-corrected chi connectivity index (χ2v) is 6.39. The molecule has 1 atom stereocenters. The van der Waals surface area contributed by atoms with Gasteiger partial charge >= 0.3 is 0 Å². The molecule has 0 saturated carbocycles. The Balaban J connectivity index is 1.74. The van der Waals surface area contributed by atoms with E-state index in [1.807, 2.05) is 0 Å². The molecule has 1 unspecified atom stereocenters. The van der Waals surface area contributed by atoms with E-state index < -0.39 is 0 Å². The van der Waals surface area contributed by atoms with Crippen molar-refractivity contribution in [1.82, 2.24) is 10.3 Å². The second-order valence-electron chi connectivity index (χ2n) is 5.45. The predicted octanol–water partition coefficient (Wildman–Crippen LogP) is 3.00. The number of aromatic nitrogens is 1. The van der Waals surface area contributed by atoms with Gasteiger partial charge in [-0.3, -0.25) is 0 Å². The van der Waals surface area contributed by atoms with Crippen LogP contribution in [-0.2, 0) is 17.7 Å². The number of thiazole rings is 1. The molecule has 0 aliphatic carbocycles. The molecular formula is C14H24N2OS. The molecule has 1 aromatic heterocycles. The zero-order chi connectivity index (χ0) is 12.8. The van der Waals surface area contributed by atoms with Crippen LogP contribution in [0.5, 0.6) is 0 Å². The third kappa shape index (κ3) is 4.67. The fraction of sp³-hybridized carbons (Fsp3) is 0.786. The summed E-state index contributed by atoms with van der Waals surface area (Å²) in [6, 6.07) is 0. The van der Waals surface area contributed by atoms with Gasteiger partial charge in [0, 0.05) is 25.0 Å². The summed E-state index contributed by atoms with van der Waals surface area (Å²) in [5.74, 6) is 0.693. The van der Waals surface area contributed by atoms with Crippen LogP contribution in [0, 0.1) is 5.92 Å². The van der Waals surface area contributed by atoms with Gasteiger partial charge in [0.25, 0.3) is 0 Å². The Kier molecular flexibility index (Phi) is 5.60. The third-order valence-electron chi connectivity index (χ3n) is 3.13. The summed E-state index contributed by atoms with van der Waals surface area (Å²) in [6.07, 6.45) is 5.12. The number of nitrogens with zero attached hydrogens (tertiary/aromatic N) is 1. The van der Waals surface area contributed by atoms with Crippen molar-refractivity contribution < 1.29 is 4.74 Å². The molecule has 1 saturated heterocycles. The van der Waals surface area contributed by atoms with Gasteiger partial charge in [-0.25, -0.2) is 4.98 Å². The van der Waals surface area contributed by atoms with Crippen molar-refractivity contribution in [3.63, 3.8) is 0 Å². The van der Waals surface area contributed by atoms with Crippen molar-refractivity contribution in [2.45, 2.75) is 52.2 Å². The van der Waals surface area contributed by atoms with E-state index in [1.165, 1.54) is 30.0 Å². The maximum absolute atomic E-state index is 5.75. The highest BCUT2D eigenvalue weighted by Crippen LogP contribution is 2.19. The summed E-state index contributed by atoms with van der Waals surface area (Å²) in [5.41, 5.74) is 1.17. The predicted molar refractivity (Wildman–Crippen MR) is 76.0 cm³/mol. The Labute approximate surface area is 114 Å². The van der Waals surface area contributed by atoms with Gasteiger partial charge < -0.3 is 10.1 Å². The fourth-order valence-corrected chi connectivity index (χ4v) is 3.04. The molecule has 1 aliphatic rings. The van der Waals surface area contributed by atoms with Crippen molar-refractivity contribution in [1.29, 1.82) is 0 Å². The highest BCUT2D eigenvalue weighted by Gasteiger charge is 2.16. The van der Waals surface area contributed by atoms with Gasteiger partial charge in [-0.15, -0.1) is 11.3 Å². The van der Waals surface area contributed by atoms with Crippen molar-refractivity contribution in [2.24, 2.45) is 5.92 Å². The molecule has 0 aromatic carbocycles. The number of ether oxygens (including phenoxy) is 1. The average molecular weight is 268 g/mol. The molecule has 18 heavy (non-hydrogen) atoms. The minimum absolute atomic E-state index is 0.404. The summed E-state index contributed by atoms with van der Waals surface area (Å²) in [4.78, 5) is 4.68. The molecule has 0 radical (unpaired) electrons. The van der Waals surface area contributed by atoms with Crippen LogP contribution in [0.1, 0.15) is 43.8 Å². The first-order valence-electron chi connectivity index (χ1n) is 6.99. The number of hydrogen-bond acceptors (Lipinski definition) is 4. The van der Waals surface area contributed by atoms with E-state index in [1.54, 1.807) is 11.3 Å². The summed E-state index contributed by atoms with van der Waals surface area (Å²) in [7, 11) is 0. The SMILES string of the molecule is CC(C)CNCc1csc(CC2CCCCO2)n1. The number of rotatable bonds is 6. The van der Waals surface area contributed by atoms with Crippen LogP contribution in [0.2, 0.25) is 0 Å². The van der Waals surface area contributed by atoms with Crippen LogP contribution in [-0.4, -0.2) is 24.2 Å². The molecule has 1 N–H and O–H groups in total. The van der Waals surface area contributed by atoms with Crippen LogP contribution in [0.15, 0.2) is 5.38 Å². The van der Waals surface area contributed by atoms with E-state index in [4.69, 9.17) is 4.74 Å². The van der Waals surface area contributed by atoms with Crippen molar-refractivity contribution >= 4 is 11.3 Å². The fourth-order valence-electron chi connectivity index (χ4n) is 2.18. The largest absolute Gasteiger partial charge is 0.378 e. The normalized spacial score (nSPS) is 20.5. The maximum Gasteiger partial charge on any atom is 0.0954 e. The second kappa shape index (κ2) is 7.22. The molecule has 2 heterocycles. The van der Waals surface area contributed by atoms with Crippen LogP contribution < -0.4 is 5.32 Å². The molecule has 3 nitrogen and oxygen atoms in total. The summed E-state index contributed by atoms with van der Waals surface area (Å²) in [5, 5.41) is 6.83. The van der Waals surface area contributed by atoms with Crippen molar-refractivity contribution in [3.8, 4) is 0 Å². The van der Waals surface area contributed by atoms with Gasteiger partial charge in [-0.05, 0) is 31.7 Å². The first-order chi connectivity index (χ1) is 8.74. The molecule has 102 valence electrons. The minimum atomic E-state index is 0.404. The zero-order valence-corrected chi connectivity index (χ0v) is 12.3. The molecule has 1 aromatic rings. The van der Waals surface area contributed by atoms with Gasteiger partial charge in [-0.2, -0.15) is 0 Å². The highest BCUT2D eigenvalue weighted by atomic mass is 32.1. The molecule has 0 amide bonds. The van der Waals surface area contributed by atoms with E-state index in [-0.39, 0.29) is 0 Å². The molecule has 2 rings (SSSR count). The minimum Gasteiger partial charge on any atom is -0.378 e. The monoisotopic (exact) mass is 268 g/mol. The Morgan fingerprint density at radius 2 is 2.39 bits per heavy atom. The maximum atomic E-state index is 5.75. The Hall–Kier alpha value is -0.450. The van der Waals surface area contributed by atoms with Gasteiger partial charge in [0.2, 0.25) is 0 Å². The van der Waals surface area contributed by atoms with Gasteiger partial charge in [0.15, 0.2) is 0 Å². The van der Waals surface area contributed by atoms with E-state index in [0.29, 0.717) is 12.0 Å². The molecule has 4 heteroatoms. The van der Waals surface area contributed by atoms with Crippen molar-refractivity contribution in [3.05, 3.63) is 16.1 Å². The summed E-state index contributed by atoms with van der Waals surface area (Å²) < 4.78 is 5.75. The molecule has 1 fully saturated rings. The lowest BCUT2D eigenvalue weighted by Gasteiger charge is -2.21. The number of nitrogens with one attached hydrogen (secondary N) is 1. The topological polar surface area (TPSA) is 34.1 Å². The van der Waals surface area contributed by atoms with E-state index in [9.17, 15) is 0 Å². The van der Waals surface area contributed by atoms with Crippen LogP contribution in [0.25, 0.3) is 0 Å². The Morgan fingerprint density at radius 1 is 1.50 bits per heavy atom. The lowest BCUT2D eigenvalue weighted by Crippen LogP contribution is -2.21. The lowest BCUT2D eigenvalue weighted by molar-refractivity contribution is 0.0167. The molecule has 0 bridgehead atoms. The highest BCUT2D eigenvalue weighted by molar-refractivity contribution is 7.09. The molecule has 0 spiro atoms. The standard InChI is InChI=1S/C14H24N2OS/c1-11(2)8-15-9-12-10-18-14(16-12)7-13-5-3-4-6-17-13/h10-11,13,15H,3-9H2,1-2H3. The lowest BCUT2D eigenvalue weighted by atomic mass is 10.1. The summed E-state index contributed by atoms with van der Waals surface area (Å²) in [6.45, 7) is 7.32. The average Bonchev–Trinajstić information content (AvgIpc) is 2.78. The van der Waals surface area contributed by atoms with E-state index in [0.717, 1.165) is 26.1 Å². The van der Waals surface area contributed by atoms with Gasteiger partial charge in [-0.1, -0.05) is 13.8 Å². The quantitative estimate of drug-likeness (QED) is 0.861.